The van der Waals surface area contributed by atoms with Gasteiger partial charge in [0.15, 0.2) is 0 Å². The number of hydrogen-bond donors (Lipinski definition) is 1. The van der Waals surface area contributed by atoms with E-state index in [2.05, 4.69) is 4.98 Å². The van der Waals surface area contributed by atoms with E-state index in [1.54, 1.807) is 12.1 Å². The van der Waals surface area contributed by atoms with Gasteiger partial charge in [-0.2, -0.15) is 0 Å². The van der Waals surface area contributed by atoms with Crippen LogP contribution >= 0.6 is 0 Å². The Hall–Kier alpha value is -3.08. The maximum atomic E-state index is 13.4. The first kappa shape index (κ1) is 14.8. The molecule has 2 aromatic carbocycles. The number of aromatic nitrogens is 1. The average Bonchev–Trinajstić information content (AvgIpc) is 2.54. The van der Waals surface area contributed by atoms with Gasteiger partial charge in [-0.3, -0.25) is 4.98 Å². The lowest BCUT2D eigenvalue weighted by molar-refractivity contribution is 0.0697. The first-order valence-electron chi connectivity index (χ1n) is 6.80. The van der Waals surface area contributed by atoms with Crippen molar-refractivity contribution in [3.63, 3.8) is 0 Å². The quantitative estimate of drug-likeness (QED) is 0.780. The summed E-state index contributed by atoms with van der Waals surface area (Å²) in [6, 6.07) is 12.7. The van der Waals surface area contributed by atoms with E-state index < -0.39 is 17.6 Å². The molecular weight excluding hydrogens is 300 g/mol. The van der Waals surface area contributed by atoms with Crippen molar-refractivity contribution >= 4 is 5.97 Å². The fourth-order valence-electron chi connectivity index (χ4n) is 2.32. The third kappa shape index (κ3) is 3.08. The second-order valence-electron chi connectivity index (χ2n) is 4.94. The van der Waals surface area contributed by atoms with Crippen LogP contribution in [0.5, 0.6) is 0 Å². The van der Waals surface area contributed by atoms with Crippen LogP contribution in [0.3, 0.4) is 0 Å². The third-order valence-corrected chi connectivity index (χ3v) is 3.39. The average molecular weight is 311 g/mol. The first-order valence-corrected chi connectivity index (χ1v) is 6.80. The van der Waals surface area contributed by atoms with Crippen LogP contribution in [0.1, 0.15) is 10.4 Å². The van der Waals surface area contributed by atoms with Crippen LogP contribution in [0.15, 0.2) is 60.8 Å². The summed E-state index contributed by atoms with van der Waals surface area (Å²) < 4.78 is 26.7. The molecule has 0 spiro atoms. The molecule has 0 aliphatic carbocycles. The minimum atomic E-state index is -1.16. The van der Waals surface area contributed by atoms with Crippen LogP contribution in [-0.2, 0) is 0 Å². The number of halogens is 2. The topological polar surface area (TPSA) is 50.2 Å². The molecule has 1 heterocycles. The van der Waals surface area contributed by atoms with Crippen LogP contribution in [0, 0.1) is 11.6 Å². The number of pyridine rings is 1. The summed E-state index contributed by atoms with van der Waals surface area (Å²) >= 11 is 0. The van der Waals surface area contributed by atoms with Gasteiger partial charge in [-0.25, -0.2) is 13.6 Å². The molecule has 0 amide bonds. The fourth-order valence-corrected chi connectivity index (χ4v) is 2.32. The molecule has 23 heavy (non-hydrogen) atoms. The van der Waals surface area contributed by atoms with Crippen molar-refractivity contribution in [2.45, 2.75) is 0 Å². The lowest BCUT2D eigenvalue weighted by Gasteiger charge is -2.09. The van der Waals surface area contributed by atoms with Gasteiger partial charge in [0.05, 0.1) is 11.3 Å². The highest BCUT2D eigenvalue weighted by molar-refractivity contribution is 5.97. The molecule has 1 N–H and O–H groups in total. The van der Waals surface area contributed by atoms with Gasteiger partial charge in [0.1, 0.15) is 11.6 Å². The van der Waals surface area contributed by atoms with E-state index >= 15 is 0 Å². The molecule has 3 rings (SSSR count). The maximum Gasteiger partial charge on any atom is 0.336 e. The van der Waals surface area contributed by atoms with E-state index in [9.17, 15) is 18.7 Å². The van der Waals surface area contributed by atoms with Crippen LogP contribution in [-0.4, -0.2) is 16.1 Å². The summed E-state index contributed by atoms with van der Waals surface area (Å²) in [5, 5.41) is 9.43. The van der Waals surface area contributed by atoms with E-state index in [0.717, 1.165) is 0 Å². The van der Waals surface area contributed by atoms with Crippen molar-refractivity contribution in [1.29, 1.82) is 0 Å². The standard InChI is InChI=1S/C18H11F2NO2/c19-13-5-1-3-11(7-13)16-10-21-17(9-15(16)18(22)23)12-4-2-6-14(20)8-12/h1-10H,(H,22,23). The number of benzene rings is 2. The number of carboxylic acid groups (broad SMARTS) is 1. The normalized spacial score (nSPS) is 10.5. The molecular formula is C18H11F2NO2. The van der Waals surface area contributed by atoms with Crippen molar-refractivity contribution in [3.8, 4) is 22.4 Å². The van der Waals surface area contributed by atoms with Gasteiger partial charge >= 0.3 is 5.97 Å². The molecule has 0 aliphatic rings. The zero-order chi connectivity index (χ0) is 16.4. The van der Waals surface area contributed by atoms with Gasteiger partial charge in [0.25, 0.3) is 0 Å². The zero-order valence-corrected chi connectivity index (χ0v) is 11.8. The first-order chi connectivity index (χ1) is 11.0. The maximum absolute atomic E-state index is 13.4. The fraction of sp³-hybridized carbons (Fsp3) is 0. The predicted octanol–water partition coefficient (Wildman–Crippen LogP) is 4.39. The summed E-state index contributed by atoms with van der Waals surface area (Å²) in [6.07, 6.45) is 1.36. The predicted molar refractivity (Wildman–Crippen MR) is 82.0 cm³/mol. The third-order valence-electron chi connectivity index (χ3n) is 3.39. The summed E-state index contributed by atoms with van der Waals surface area (Å²) in [5.74, 6) is -2.06. The number of hydrogen-bond acceptors (Lipinski definition) is 2. The Morgan fingerprint density at radius 2 is 1.52 bits per heavy atom. The molecule has 0 fully saturated rings. The van der Waals surface area contributed by atoms with Gasteiger partial charge in [-0.1, -0.05) is 24.3 Å². The largest absolute Gasteiger partial charge is 0.478 e. The molecule has 1 aromatic heterocycles. The number of carboxylic acids is 1. The summed E-state index contributed by atoms with van der Waals surface area (Å²) in [6.45, 7) is 0. The Balaban J connectivity index is 2.15. The molecule has 3 nitrogen and oxygen atoms in total. The SMILES string of the molecule is O=C(O)c1cc(-c2cccc(F)c2)ncc1-c1cccc(F)c1. The lowest BCUT2D eigenvalue weighted by Crippen LogP contribution is -2.02. The summed E-state index contributed by atoms with van der Waals surface area (Å²) in [5.41, 5.74) is 1.50. The van der Waals surface area contributed by atoms with E-state index in [1.807, 2.05) is 0 Å². The van der Waals surface area contributed by atoms with Crippen molar-refractivity contribution in [1.82, 2.24) is 4.98 Å². The van der Waals surface area contributed by atoms with E-state index in [-0.39, 0.29) is 5.56 Å². The Morgan fingerprint density at radius 3 is 2.13 bits per heavy atom. The van der Waals surface area contributed by atoms with Gasteiger partial charge < -0.3 is 5.11 Å². The van der Waals surface area contributed by atoms with Gasteiger partial charge in [-0.05, 0) is 35.9 Å². The Labute approximate surface area is 130 Å². The second-order valence-corrected chi connectivity index (χ2v) is 4.94. The Kier molecular flexibility index (Phi) is 3.85. The Bertz CT molecular complexity index is 894. The number of nitrogens with zero attached hydrogens (tertiary/aromatic N) is 1. The lowest BCUT2D eigenvalue weighted by atomic mass is 9.99. The van der Waals surface area contributed by atoms with E-state index in [4.69, 9.17) is 0 Å². The van der Waals surface area contributed by atoms with E-state index in [0.29, 0.717) is 22.4 Å². The molecule has 0 saturated carbocycles. The minimum Gasteiger partial charge on any atom is -0.478 e. The monoisotopic (exact) mass is 311 g/mol. The number of rotatable bonds is 3. The molecule has 3 aromatic rings. The van der Waals surface area contributed by atoms with E-state index in [1.165, 1.54) is 48.7 Å². The van der Waals surface area contributed by atoms with Crippen LogP contribution < -0.4 is 0 Å². The van der Waals surface area contributed by atoms with Crippen LogP contribution in [0.4, 0.5) is 8.78 Å². The molecule has 0 unspecified atom stereocenters. The van der Waals surface area contributed by atoms with Crippen LogP contribution in [0.25, 0.3) is 22.4 Å². The molecule has 0 bridgehead atoms. The molecule has 0 atom stereocenters. The highest BCUT2D eigenvalue weighted by atomic mass is 19.1. The molecule has 114 valence electrons. The highest BCUT2D eigenvalue weighted by Crippen LogP contribution is 2.28. The number of carbonyl (C=O) groups is 1. The molecule has 5 heteroatoms. The summed E-state index contributed by atoms with van der Waals surface area (Å²) in [7, 11) is 0. The second kappa shape index (κ2) is 5.96. The van der Waals surface area contributed by atoms with Gasteiger partial charge in [0.2, 0.25) is 0 Å². The minimum absolute atomic E-state index is 0.0233. The van der Waals surface area contributed by atoms with Crippen molar-refractivity contribution in [2.24, 2.45) is 0 Å². The highest BCUT2D eigenvalue weighted by Gasteiger charge is 2.15. The van der Waals surface area contributed by atoms with Crippen molar-refractivity contribution < 1.29 is 18.7 Å². The van der Waals surface area contributed by atoms with Crippen molar-refractivity contribution in [2.75, 3.05) is 0 Å². The molecule has 0 aliphatic heterocycles. The van der Waals surface area contributed by atoms with Crippen molar-refractivity contribution in [3.05, 3.63) is 78.0 Å². The van der Waals surface area contributed by atoms with Gasteiger partial charge in [-0.15, -0.1) is 0 Å². The summed E-state index contributed by atoms with van der Waals surface area (Å²) in [4.78, 5) is 15.7. The molecule has 0 saturated heterocycles. The smallest absolute Gasteiger partial charge is 0.336 e. The van der Waals surface area contributed by atoms with Crippen LogP contribution in [0.2, 0.25) is 0 Å². The van der Waals surface area contributed by atoms with Gasteiger partial charge in [0, 0.05) is 17.3 Å². The number of aromatic carboxylic acids is 1. The molecule has 0 radical (unpaired) electrons. The Morgan fingerprint density at radius 1 is 0.913 bits per heavy atom. The zero-order valence-electron chi connectivity index (χ0n) is 11.8.